The first kappa shape index (κ1) is 18.3. The van der Waals surface area contributed by atoms with E-state index in [1.807, 2.05) is 32.8 Å². The highest BCUT2D eigenvalue weighted by molar-refractivity contribution is 5.91. The Morgan fingerprint density at radius 1 is 1.18 bits per heavy atom. The third-order valence-electron chi connectivity index (χ3n) is 2.33. The quantitative estimate of drug-likeness (QED) is 0.549. The van der Waals surface area contributed by atoms with Gasteiger partial charge in [-0.05, 0) is 27.9 Å². The van der Waals surface area contributed by atoms with Gasteiger partial charge in [0.05, 0.1) is 7.11 Å². The largest absolute Gasteiger partial charge is 0.466 e. The number of halogens is 1. The molecule has 0 N–H and O–H groups in total. The molecule has 0 unspecified atom stereocenters. The second-order valence-corrected chi connectivity index (χ2v) is 4.17. The van der Waals surface area contributed by atoms with Crippen LogP contribution in [0.15, 0.2) is 12.2 Å². The molecule has 0 spiro atoms. The van der Waals surface area contributed by atoms with Crippen molar-refractivity contribution in [3.8, 4) is 0 Å². The average Bonchev–Trinajstić information content (AvgIpc) is 2.22. The highest BCUT2D eigenvalue weighted by Gasteiger charge is 2.21. The summed E-state index contributed by atoms with van der Waals surface area (Å²) in [7, 11) is 5.05. The summed E-state index contributed by atoms with van der Waals surface area (Å²) in [5.41, 5.74) is -0.241. The van der Waals surface area contributed by atoms with Crippen molar-refractivity contribution in [2.24, 2.45) is 0 Å². The second-order valence-electron chi connectivity index (χ2n) is 4.17. The molecule has 0 rings (SSSR count). The second kappa shape index (κ2) is 8.08. The van der Waals surface area contributed by atoms with E-state index in [2.05, 4.69) is 4.74 Å². The van der Waals surface area contributed by atoms with Gasteiger partial charge in [-0.1, -0.05) is 0 Å². The summed E-state index contributed by atoms with van der Waals surface area (Å²) in [6.45, 7) is 4.15. The van der Waals surface area contributed by atoms with Crippen molar-refractivity contribution in [3.63, 3.8) is 0 Å². The standard InChI is InChI=1S/C11H19NO4.ClH/c1-11(2,12(3)4)8-16-10(14)7-6-9(13)15-5;/h6-7H,8H2,1-5H3;1H/b7-6+;. The Kier molecular flexibility index (Phi) is 8.70. The van der Waals surface area contributed by atoms with Crippen LogP contribution in [0.5, 0.6) is 0 Å². The normalized spacial score (nSPS) is 11.2. The third-order valence-corrected chi connectivity index (χ3v) is 2.33. The van der Waals surface area contributed by atoms with Gasteiger partial charge in [0.15, 0.2) is 0 Å². The Labute approximate surface area is 108 Å². The molecule has 5 nitrogen and oxygen atoms in total. The minimum absolute atomic E-state index is 0. The SMILES string of the molecule is COC(=O)/C=C/C(=O)OCC(C)(C)N(C)C.Cl. The first-order valence-corrected chi connectivity index (χ1v) is 4.90. The molecule has 0 aromatic heterocycles. The zero-order valence-electron chi connectivity index (χ0n) is 10.9. The average molecular weight is 266 g/mol. The van der Waals surface area contributed by atoms with Gasteiger partial charge < -0.3 is 14.4 Å². The minimum atomic E-state index is -0.580. The fraction of sp³-hybridized carbons (Fsp3) is 0.636. The highest BCUT2D eigenvalue weighted by Crippen LogP contribution is 2.10. The molecular weight excluding hydrogens is 246 g/mol. The van der Waals surface area contributed by atoms with E-state index in [9.17, 15) is 9.59 Å². The molecular formula is C11H20ClNO4. The van der Waals surface area contributed by atoms with Gasteiger partial charge in [-0.3, -0.25) is 0 Å². The lowest BCUT2D eigenvalue weighted by Crippen LogP contribution is -2.42. The molecule has 0 aromatic carbocycles. The highest BCUT2D eigenvalue weighted by atomic mass is 35.5. The zero-order chi connectivity index (χ0) is 12.8. The van der Waals surface area contributed by atoms with Gasteiger partial charge in [0.1, 0.15) is 6.61 Å². The molecule has 100 valence electrons. The Hall–Kier alpha value is -1.07. The summed E-state index contributed by atoms with van der Waals surface area (Å²) >= 11 is 0. The number of likely N-dealkylation sites (N-methyl/N-ethyl adjacent to an activating group) is 1. The first-order valence-electron chi connectivity index (χ1n) is 4.90. The fourth-order valence-corrected chi connectivity index (χ4v) is 0.629. The van der Waals surface area contributed by atoms with E-state index >= 15 is 0 Å². The molecule has 0 amide bonds. The lowest BCUT2D eigenvalue weighted by atomic mass is 10.1. The van der Waals surface area contributed by atoms with Crippen molar-refractivity contribution in [2.45, 2.75) is 19.4 Å². The van der Waals surface area contributed by atoms with Crippen molar-refractivity contribution in [1.29, 1.82) is 0 Å². The molecule has 0 heterocycles. The van der Waals surface area contributed by atoms with Crippen LogP contribution in [0.25, 0.3) is 0 Å². The van der Waals surface area contributed by atoms with Crippen LogP contribution in [0.3, 0.4) is 0 Å². The van der Waals surface area contributed by atoms with Crippen LogP contribution in [-0.2, 0) is 19.1 Å². The lowest BCUT2D eigenvalue weighted by molar-refractivity contribution is -0.142. The predicted molar refractivity (Wildman–Crippen MR) is 67.1 cm³/mol. The molecule has 0 aromatic rings. The van der Waals surface area contributed by atoms with Gasteiger partial charge in [0, 0.05) is 17.7 Å². The Morgan fingerprint density at radius 3 is 2.06 bits per heavy atom. The molecule has 6 heteroatoms. The molecule has 0 saturated carbocycles. The number of hydrogen-bond acceptors (Lipinski definition) is 5. The van der Waals surface area contributed by atoms with E-state index in [0.29, 0.717) is 0 Å². The van der Waals surface area contributed by atoms with E-state index in [1.165, 1.54) is 7.11 Å². The van der Waals surface area contributed by atoms with E-state index in [0.717, 1.165) is 12.2 Å². The molecule has 17 heavy (non-hydrogen) atoms. The molecule has 0 aliphatic carbocycles. The molecule has 0 saturated heterocycles. The van der Waals surface area contributed by atoms with E-state index < -0.39 is 11.9 Å². The van der Waals surface area contributed by atoms with Crippen LogP contribution >= 0.6 is 12.4 Å². The molecule has 0 radical (unpaired) electrons. The smallest absolute Gasteiger partial charge is 0.331 e. The van der Waals surface area contributed by atoms with Crippen molar-refractivity contribution >= 4 is 24.3 Å². The number of carbonyl (C=O) groups is 2. The van der Waals surface area contributed by atoms with E-state index in [-0.39, 0.29) is 24.6 Å². The third kappa shape index (κ3) is 7.76. The monoisotopic (exact) mass is 265 g/mol. The molecule has 0 aliphatic heterocycles. The van der Waals surface area contributed by atoms with Crippen molar-refractivity contribution in [3.05, 3.63) is 12.2 Å². The fourth-order valence-electron chi connectivity index (χ4n) is 0.629. The van der Waals surface area contributed by atoms with Gasteiger partial charge in [-0.15, -0.1) is 12.4 Å². The van der Waals surface area contributed by atoms with Crippen LogP contribution in [0.1, 0.15) is 13.8 Å². The van der Waals surface area contributed by atoms with Crippen LogP contribution in [0.4, 0.5) is 0 Å². The number of esters is 2. The number of carbonyl (C=O) groups excluding carboxylic acids is 2. The van der Waals surface area contributed by atoms with E-state index in [1.54, 1.807) is 0 Å². The van der Waals surface area contributed by atoms with Gasteiger partial charge in [-0.2, -0.15) is 0 Å². The number of rotatable bonds is 5. The first-order chi connectivity index (χ1) is 7.29. The van der Waals surface area contributed by atoms with Crippen molar-refractivity contribution in [1.82, 2.24) is 4.90 Å². The zero-order valence-corrected chi connectivity index (χ0v) is 11.7. The summed E-state index contributed by atoms with van der Waals surface area (Å²) in [6.07, 6.45) is 2.09. The van der Waals surface area contributed by atoms with Gasteiger partial charge in [0.2, 0.25) is 0 Å². The lowest BCUT2D eigenvalue weighted by Gasteiger charge is -2.31. The number of nitrogens with zero attached hydrogens (tertiary/aromatic N) is 1. The van der Waals surface area contributed by atoms with Gasteiger partial charge in [-0.25, -0.2) is 9.59 Å². The molecule has 0 atom stereocenters. The maximum absolute atomic E-state index is 11.2. The predicted octanol–water partition coefficient (Wildman–Crippen LogP) is 1.02. The topological polar surface area (TPSA) is 55.8 Å². The van der Waals surface area contributed by atoms with Crippen LogP contribution in [-0.4, -0.2) is 50.2 Å². The summed E-state index contributed by atoms with van der Waals surface area (Å²) in [5, 5.41) is 0. The Balaban J connectivity index is 0. The number of hydrogen-bond donors (Lipinski definition) is 0. The summed E-state index contributed by atoms with van der Waals surface area (Å²) in [4.78, 5) is 23.8. The van der Waals surface area contributed by atoms with Crippen molar-refractivity contribution in [2.75, 3.05) is 27.8 Å². The number of ether oxygens (including phenoxy) is 2. The van der Waals surface area contributed by atoms with Crippen LogP contribution < -0.4 is 0 Å². The number of methoxy groups -OCH3 is 1. The minimum Gasteiger partial charge on any atom is -0.466 e. The summed E-state index contributed by atoms with van der Waals surface area (Å²) < 4.78 is 9.33. The van der Waals surface area contributed by atoms with E-state index in [4.69, 9.17) is 4.74 Å². The van der Waals surface area contributed by atoms with Crippen LogP contribution in [0, 0.1) is 0 Å². The summed E-state index contributed by atoms with van der Waals surface area (Å²) in [6, 6.07) is 0. The maximum Gasteiger partial charge on any atom is 0.331 e. The Bertz CT molecular complexity index is 287. The Morgan fingerprint density at radius 2 is 1.65 bits per heavy atom. The molecule has 0 fully saturated rings. The van der Waals surface area contributed by atoms with Gasteiger partial charge in [0.25, 0.3) is 0 Å². The molecule has 0 bridgehead atoms. The van der Waals surface area contributed by atoms with Crippen LogP contribution in [0.2, 0.25) is 0 Å². The van der Waals surface area contributed by atoms with Crippen molar-refractivity contribution < 1.29 is 19.1 Å². The molecule has 0 aliphatic rings. The van der Waals surface area contributed by atoms with Gasteiger partial charge >= 0.3 is 11.9 Å². The summed E-state index contributed by atoms with van der Waals surface area (Å²) in [5.74, 6) is -1.14. The maximum atomic E-state index is 11.2.